The summed E-state index contributed by atoms with van der Waals surface area (Å²) in [6, 6.07) is 1.82. The topological polar surface area (TPSA) is 49.4 Å². The van der Waals surface area contributed by atoms with Gasteiger partial charge in [0, 0.05) is 31.2 Å². The molecule has 0 spiro atoms. The fourth-order valence-electron chi connectivity index (χ4n) is 2.39. The lowest BCUT2D eigenvalue weighted by molar-refractivity contribution is 0.220. The number of hydrogen-bond donors (Lipinski definition) is 1. The average molecular weight is 290 g/mol. The van der Waals surface area contributed by atoms with E-state index in [9.17, 15) is 17.2 Å². The molecule has 0 amide bonds. The molecule has 2 rings (SSSR count). The van der Waals surface area contributed by atoms with Crippen LogP contribution in [0.1, 0.15) is 13.8 Å². The van der Waals surface area contributed by atoms with E-state index < -0.39 is 21.7 Å². The van der Waals surface area contributed by atoms with Gasteiger partial charge in [-0.3, -0.25) is 0 Å². The third-order valence-corrected chi connectivity index (χ3v) is 5.27. The van der Waals surface area contributed by atoms with E-state index in [1.807, 2.05) is 0 Å². The van der Waals surface area contributed by atoms with Crippen LogP contribution < -0.4 is 5.32 Å². The van der Waals surface area contributed by atoms with Crippen LogP contribution in [0.15, 0.2) is 23.1 Å². The Hall–Kier alpha value is -1.05. The zero-order valence-corrected chi connectivity index (χ0v) is 11.5. The largest absolute Gasteiger partial charge is 0.314 e. The first-order valence-corrected chi connectivity index (χ1v) is 7.46. The number of nitrogens with zero attached hydrogens (tertiary/aromatic N) is 1. The highest BCUT2D eigenvalue weighted by Gasteiger charge is 2.36. The van der Waals surface area contributed by atoms with Crippen molar-refractivity contribution in [3.8, 4) is 0 Å². The van der Waals surface area contributed by atoms with E-state index in [2.05, 4.69) is 5.32 Å². The third kappa shape index (κ3) is 2.77. The molecule has 1 N–H and O–H groups in total. The second-order valence-electron chi connectivity index (χ2n) is 4.80. The van der Waals surface area contributed by atoms with Gasteiger partial charge in [0.1, 0.15) is 11.6 Å². The molecule has 1 fully saturated rings. The van der Waals surface area contributed by atoms with E-state index >= 15 is 0 Å². The third-order valence-electron chi connectivity index (χ3n) is 3.16. The standard InChI is InChI=1S/C12H16F2N2O2S/c1-8-6-15-7-9(2)16(8)19(17,18)12-4-10(13)3-11(14)5-12/h3-5,8-9,15H,6-7H2,1-2H3. The van der Waals surface area contributed by atoms with E-state index in [0.29, 0.717) is 19.2 Å². The Morgan fingerprint density at radius 1 is 1.11 bits per heavy atom. The number of sulfonamides is 1. The number of hydrogen-bond acceptors (Lipinski definition) is 3. The van der Waals surface area contributed by atoms with E-state index in [1.54, 1.807) is 13.8 Å². The quantitative estimate of drug-likeness (QED) is 0.894. The molecule has 0 bridgehead atoms. The Kier molecular flexibility index (Phi) is 3.89. The van der Waals surface area contributed by atoms with Crippen LogP contribution in [0.3, 0.4) is 0 Å². The van der Waals surface area contributed by atoms with Gasteiger partial charge < -0.3 is 5.32 Å². The Morgan fingerprint density at radius 2 is 1.58 bits per heavy atom. The van der Waals surface area contributed by atoms with E-state index in [0.717, 1.165) is 12.1 Å². The minimum atomic E-state index is -3.89. The Labute approximate surface area is 111 Å². The summed E-state index contributed by atoms with van der Waals surface area (Å²) in [5, 5.41) is 3.11. The molecule has 0 aromatic heterocycles. The van der Waals surface area contributed by atoms with Crippen LogP contribution >= 0.6 is 0 Å². The van der Waals surface area contributed by atoms with Crippen molar-refractivity contribution in [2.45, 2.75) is 30.8 Å². The number of piperazine rings is 1. The summed E-state index contributed by atoms with van der Waals surface area (Å²) in [7, 11) is -3.89. The minimum absolute atomic E-state index is 0.264. The van der Waals surface area contributed by atoms with Crippen molar-refractivity contribution < 1.29 is 17.2 Å². The summed E-state index contributed by atoms with van der Waals surface area (Å²) in [6.45, 7) is 4.55. The van der Waals surface area contributed by atoms with Crippen LogP contribution in [0, 0.1) is 11.6 Å². The Bertz CT molecular complexity index is 547. The summed E-state index contributed by atoms with van der Waals surface area (Å²) in [4.78, 5) is -0.342. The van der Waals surface area contributed by atoms with Crippen LogP contribution in [0.4, 0.5) is 8.78 Å². The highest BCUT2D eigenvalue weighted by molar-refractivity contribution is 7.89. The maximum absolute atomic E-state index is 13.2. The lowest BCUT2D eigenvalue weighted by Crippen LogP contribution is -2.57. The van der Waals surface area contributed by atoms with Gasteiger partial charge in [0.25, 0.3) is 0 Å². The van der Waals surface area contributed by atoms with Crippen molar-refractivity contribution in [2.75, 3.05) is 13.1 Å². The second kappa shape index (κ2) is 5.15. The number of benzene rings is 1. The van der Waals surface area contributed by atoms with Crippen molar-refractivity contribution in [3.63, 3.8) is 0 Å². The number of nitrogens with one attached hydrogen (secondary N) is 1. The van der Waals surface area contributed by atoms with Crippen LogP contribution in [0.2, 0.25) is 0 Å². The summed E-state index contributed by atoms with van der Waals surface area (Å²) in [5.74, 6) is -1.79. The maximum Gasteiger partial charge on any atom is 0.243 e. The summed E-state index contributed by atoms with van der Waals surface area (Å²) in [5.41, 5.74) is 0. The summed E-state index contributed by atoms with van der Waals surface area (Å²) in [6.07, 6.45) is 0. The van der Waals surface area contributed by atoms with Gasteiger partial charge in [-0.15, -0.1) is 0 Å². The highest BCUT2D eigenvalue weighted by Crippen LogP contribution is 2.24. The predicted molar refractivity (Wildman–Crippen MR) is 67.2 cm³/mol. The molecule has 19 heavy (non-hydrogen) atoms. The van der Waals surface area contributed by atoms with Gasteiger partial charge in [0.15, 0.2) is 0 Å². The Balaban J connectivity index is 2.46. The molecule has 1 heterocycles. The van der Waals surface area contributed by atoms with Crippen molar-refractivity contribution in [1.82, 2.24) is 9.62 Å². The molecule has 1 aromatic rings. The van der Waals surface area contributed by atoms with Crippen LogP contribution in [0.5, 0.6) is 0 Å². The summed E-state index contributed by atoms with van der Waals surface area (Å²) >= 11 is 0. The minimum Gasteiger partial charge on any atom is -0.314 e. The monoisotopic (exact) mass is 290 g/mol. The zero-order chi connectivity index (χ0) is 14.2. The molecule has 2 unspecified atom stereocenters. The summed E-state index contributed by atoms with van der Waals surface area (Å²) < 4.78 is 52.6. The van der Waals surface area contributed by atoms with Crippen LogP contribution in [0.25, 0.3) is 0 Å². The molecular weight excluding hydrogens is 274 g/mol. The molecule has 1 aliphatic heterocycles. The molecule has 2 atom stereocenters. The van der Waals surface area contributed by atoms with Gasteiger partial charge in [0.05, 0.1) is 4.90 Å². The van der Waals surface area contributed by atoms with Gasteiger partial charge in [-0.25, -0.2) is 17.2 Å². The smallest absolute Gasteiger partial charge is 0.243 e. The molecule has 0 radical (unpaired) electrons. The highest BCUT2D eigenvalue weighted by atomic mass is 32.2. The first-order valence-electron chi connectivity index (χ1n) is 6.02. The number of halogens is 2. The van der Waals surface area contributed by atoms with Gasteiger partial charge in [0.2, 0.25) is 10.0 Å². The first kappa shape index (κ1) is 14.4. The lowest BCUT2D eigenvalue weighted by atomic mass is 10.2. The van der Waals surface area contributed by atoms with Crippen molar-refractivity contribution in [1.29, 1.82) is 0 Å². The average Bonchev–Trinajstić information content (AvgIpc) is 2.26. The predicted octanol–water partition coefficient (Wildman–Crippen LogP) is 1.34. The molecule has 0 aliphatic carbocycles. The number of rotatable bonds is 2. The Morgan fingerprint density at radius 3 is 2.05 bits per heavy atom. The van der Waals surface area contributed by atoms with Crippen LogP contribution in [-0.2, 0) is 10.0 Å². The fraction of sp³-hybridized carbons (Fsp3) is 0.500. The molecule has 1 aliphatic rings. The van der Waals surface area contributed by atoms with Crippen molar-refractivity contribution in [2.24, 2.45) is 0 Å². The lowest BCUT2D eigenvalue weighted by Gasteiger charge is -2.38. The first-order chi connectivity index (χ1) is 8.82. The zero-order valence-electron chi connectivity index (χ0n) is 10.7. The van der Waals surface area contributed by atoms with Crippen LogP contribution in [-0.4, -0.2) is 37.9 Å². The van der Waals surface area contributed by atoms with Gasteiger partial charge in [-0.2, -0.15) is 4.31 Å². The SMILES string of the molecule is CC1CNCC(C)N1S(=O)(=O)c1cc(F)cc(F)c1. The van der Waals surface area contributed by atoms with Crippen molar-refractivity contribution >= 4 is 10.0 Å². The molecule has 0 saturated carbocycles. The molecular formula is C12H16F2N2O2S. The molecule has 1 saturated heterocycles. The molecule has 1 aromatic carbocycles. The van der Waals surface area contributed by atoms with Gasteiger partial charge in [-0.1, -0.05) is 0 Å². The van der Waals surface area contributed by atoms with E-state index in [4.69, 9.17) is 0 Å². The van der Waals surface area contributed by atoms with Crippen molar-refractivity contribution in [3.05, 3.63) is 29.8 Å². The normalized spacial score (nSPS) is 25.5. The molecule has 106 valence electrons. The van der Waals surface area contributed by atoms with Gasteiger partial charge >= 0.3 is 0 Å². The molecule has 7 heteroatoms. The van der Waals surface area contributed by atoms with E-state index in [1.165, 1.54) is 4.31 Å². The maximum atomic E-state index is 13.2. The van der Waals surface area contributed by atoms with Gasteiger partial charge in [-0.05, 0) is 26.0 Å². The molecule has 4 nitrogen and oxygen atoms in total. The van der Waals surface area contributed by atoms with E-state index in [-0.39, 0.29) is 17.0 Å². The second-order valence-corrected chi connectivity index (χ2v) is 6.64. The fourth-order valence-corrected chi connectivity index (χ4v) is 4.25.